The molecule has 4 heteroatoms. The van der Waals surface area contributed by atoms with Gasteiger partial charge in [-0.2, -0.15) is 0 Å². The number of nitrogens with one attached hydrogen (secondary N) is 1. The van der Waals surface area contributed by atoms with Gasteiger partial charge in [-0.05, 0) is 38.3 Å². The van der Waals surface area contributed by atoms with Crippen LogP contribution in [0.15, 0.2) is 24.3 Å². The van der Waals surface area contributed by atoms with Crippen molar-refractivity contribution >= 4 is 11.6 Å². The van der Waals surface area contributed by atoms with E-state index in [-0.39, 0.29) is 11.9 Å². The molecule has 0 aliphatic carbocycles. The first-order chi connectivity index (χ1) is 9.58. The third-order valence-electron chi connectivity index (χ3n) is 3.88. The van der Waals surface area contributed by atoms with E-state index in [9.17, 15) is 4.79 Å². The maximum absolute atomic E-state index is 11.7. The van der Waals surface area contributed by atoms with Crippen molar-refractivity contribution in [2.45, 2.75) is 45.2 Å². The molecule has 2 atom stereocenters. The average molecular weight is 275 g/mol. The summed E-state index contributed by atoms with van der Waals surface area (Å²) in [5.41, 5.74) is 8.38. The van der Waals surface area contributed by atoms with Crippen LogP contribution in [0.3, 0.4) is 0 Å². The van der Waals surface area contributed by atoms with E-state index in [0.29, 0.717) is 19.0 Å². The Hall–Kier alpha value is -1.55. The number of hydrogen-bond acceptors (Lipinski definition) is 3. The Morgan fingerprint density at radius 3 is 2.90 bits per heavy atom. The number of carbonyl (C=O) groups excluding carboxylic acids is 1. The van der Waals surface area contributed by atoms with Crippen molar-refractivity contribution in [2.24, 2.45) is 5.73 Å². The summed E-state index contributed by atoms with van der Waals surface area (Å²) < 4.78 is 0. The second-order valence-electron chi connectivity index (χ2n) is 5.74. The minimum absolute atomic E-state index is 0.0867. The van der Waals surface area contributed by atoms with Gasteiger partial charge in [-0.3, -0.25) is 4.79 Å². The van der Waals surface area contributed by atoms with Gasteiger partial charge in [-0.1, -0.05) is 18.2 Å². The molecule has 1 heterocycles. The van der Waals surface area contributed by atoms with Crippen LogP contribution in [0.2, 0.25) is 0 Å². The molecule has 1 aliphatic rings. The van der Waals surface area contributed by atoms with Gasteiger partial charge in [0.05, 0.1) is 0 Å². The van der Waals surface area contributed by atoms with Gasteiger partial charge in [0, 0.05) is 37.3 Å². The summed E-state index contributed by atoms with van der Waals surface area (Å²) in [7, 11) is 0. The number of carbonyl (C=O) groups is 1. The molecule has 1 aromatic rings. The summed E-state index contributed by atoms with van der Waals surface area (Å²) in [5.74, 6) is 0.0987. The molecule has 2 unspecified atom stereocenters. The molecule has 0 aromatic heterocycles. The molecule has 1 aliphatic heterocycles. The Bertz CT molecular complexity index is 459. The Kier molecular flexibility index (Phi) is 5.01. The van der Waals surface area contributed by atoms with Gasteiger partial charge in [0.2, 0.25) is 5.91 Å². The number of fused-ring (bicyclic) bond motifs is 1. The molecule has 1 amide bonds. The van der Waals surface area contributed by atoms with Crippen molar-refractivity contribution in [3.8, 4) is 0 Å². The third-order valence-corrected chi connectivity index (χ3v) is 3.88. The van der Waals surface area contributed by atoms with Crippen molar-refractivity contribution < 1.29 is 4.79 Å². The van der Waals surface area contributed by atoms with Crippen molar-refractivity contribution in [1.29, 1.82) is 0 Å². The van der Waals surface area contributed by atoms with Gasteiger partial charge < -0.3 is 16.0 Å². The summed E-state index contributed by atoms with van der Waals surface area (Å²) in [6, 6.07) is 8.91. The number of nitrogens with zero attached hydrogens (tertiary/aromatic N) is 1. The lowest BCUT2D eigenvalue weighted by atomic mass is 10.1. The molecular weight excluding hydrogens is 250 g/mol. The molecule has 20 heavy (non-hydrogen) atoms. The fourth-order valence-electron chi connectivity index (χ4n) is 2.64. The number of anilines is 1. The summed E-state index contributed by atoms with van der Waals surface area (Å²) in [6.07, 6.45) is 2.35. The molecular formula is C16H25N3O. The summed E-state index contributed by atoms with van der Waals surface area (Å²) in [4.78, 5) is 14.1. The molecule has 0 spiro atoms. The van der Waals surface area contributed by atoms with E-state index in [4.69, 9.17) is 5.73 Å². The van der Waals surface area contributed by atoms with E-state index in [0.717, 1.165) is 19.4 Å². The largest absolute Gasteiger partial charge is 0.366 e. The number of para-hydroxylation sites is 1. The lowest BCUT2D eigenvalue weighted by molar-refractivity contribution is -0.121. The zero-order chi connectivity index (χ0) is 14.5. The quantitative estimate of drug-likeness (QED) is 0.830. The molecule has 110 valence electrons. The minimum Gasteiger partial charge on any atom is -0.366 e. The lowest BCUT2D eigenvalue weighted by Crippen LogP contribution is -2.41. The van der Waals surface area contributed by atoms with Crippen LogP contribution in [0, 0.1) is 0 Å². The number of nitrogens with two attached hydrogens (primary N) is 1. The molecule has 4 nitrogen and oxygen atoms in total. The van der Waals surface area contributed by atoms with Crippen LogP contribution in [0.5, 0.6) is 0 Å². The first-order valence-corrected chi connectivity index (χ1v) is 7.44. The highest BCUT2D eigenvalue weighted by Gasteiger charge is 2.22. The fourth-order valence-corrected chi connectivity index (χ4v) is 2.64. The van der Waals surface area contributed by atoms with Crippen LogP contribution in [-0.2, 0) is 11.2 Å². The summed E-state index contributed by atoms with van der Waals surface area (Å²) in [5, 5.41) is 3.01. The highest BCUT2D eigenvalue weighted by atomic mass is 16.1. The molecule has 0 bridgehead atoms. The van der Waals surface area contributed by atoms with Crippen molar-refractivity contribution in [2.75, 3.05) is 18.0 Å². The van der Waals surface area contributed by atoms with E-state index >= 15 is 0 Å². The average Bonchev–Trinajstić information content (AvgIpc) is 2.86. The Balaban J connectivity index is 1.81. The molecule has 1 aromatic carbocycles. The maximum Gasteiger partial charge on any atom is 0.220 e. The monoisotopic (exact) mass is 275 g/mol. The summed E-state index contributed by atoms with van der Waals surface area (Å²) in [6.45, 7) is 5.81. The maximum atomic E-state index is 11.7. The fraction of sp³-hybridized carbons (Fsp3) is 0.562. The predicted octanol–water partition coefficient (Wildman–Crippen LogP) is 1.68. The van der Waals surface area contributed by atoms with Crippen LogP contribution >= 0.6 is 0 Å². The normalized spacial score (nSPS) is 16.6. The first kappa shape index (κ1) is 14.9. The van der Waals surface area contributed by atoms with Crippen molar-refractivity contribution in [3.05, 3.63) is 29.8 Å². The van der Waals surface area contributed by atoms with E-state index in [1.807, 2.05) is 6.92 Å². The zero-order valence-corrected chi connectivity index (χ0v) is 12.4. The molecule has 0 radical (unpaired) electrons. The van der Waals surface area contributed by atoms with Crippen LogP contribution in [0.4, 0.5) is 5.69 Å². The Morgan fingerprint density at radius 1 is 1.40 bits per heavy atom. The highest BCUT2D eigenvalue weighted by Crippen LogP contribution is 2.28. The number of amides is 1. The topological polar surface area (TPSA) is 58.4 Å². The van der Waals surface area contributed by atoms with Gasteiger partial charge in [-0.25, -0.2) is 0 Å². The Morgan fingerprint density at radius 2 is 2.15 bits per heavy atom. The molecule has 0 saturated carbocycles. The molecule has 0 saturated heterocycles. The number of benzene rings is 1. The first-order valence-electron chi connectivity index (χ1n) is 7.44. The summed E-state index contributed by atoms with van der Waals surface area (Å²) >= 11 is 0. The van der Waals surface area contributed by atoms with E-state index in [1.54, 1.807) is 0 Å². The van der Waals surface area contributed by atoms with Gasteiger partial charge in [0.25, 0.3) is 0 Å². The molecule has 0 fully saturated rings. The number of hydrogen-bond donors (Lipinski definition) is 2. The number of rotatable bonds is 6. The van der Waals surface area contributed by atoms with Crippen molar-refractivity contribution in [1.82, 2.24) is 5.32 Å². The van der Waals surface area contributed by atoms with Gasteiger partial charge >= 0.3 is 0 Å². The minimum atomic E-state index is 0.0867. The smallest absolute Gasteiger partial charge is 0.220 e. The molecule has 2 rings (SSSR count). The van der Waals surface area contributed by atoms with Gasteiger partial charge in [0.15, 0.2) is 0 Å². The van der Waals surface area contributed by atoms with Crippen LogP contribution in [0.25, 0.3) is 0 Å². The van der Waals surface area contributed by atoms with E-state index in [2.05, 4.69) is 41.4 Å². The zero-order valence-electron chi connectivity index (χ0n) is 12.4. The van der Waals surface area contributed by atoms with Gasteiger partial charge in [-0.15, -0.1) is 0 Å². The molecule has 3 N–H and O–H groups in total. The standard InChI is InChI=1S/C16H25N3O/c1-12(17)7-8-16(20)18-11-13(2)19-10-9-14-5-3-4-6-15(14)19/h3-6,12-13H,7-11,17H2,1-2H3,(H,18,20). The van der Waals surface area contributed by atoms with Crippen LogP contribution in [0.1, 0.15) is 32.3 Å². The van der Waals surface area contributed by atoms with Crippen molar-refractivity contribution in [3.63, 3.8) is 0 Å². The second kappa shape index (κ2) is 6.75. The highest BCUT2D eigenvalue weighted by molar-refractivity contribution is 5.76. The third kappa shape index (κ3) is 3.73. The van der Waals surface area contributed by atoms with Crippen LogP contribution in [-0.4, -0.2) is 31.1 Å². The van der Waals surface area contributed by atoms with Gasteiger partial charge in [0.1, 0.15) is 0 Å². The predicted molar refractivity (Wildman–Crippen MR) is 82.8 cm³/mol. The lowest BCUT2D eigenvalue weighted by Gasteiger charge is -2.27. The SMILES string of the molecule is CC(N)CCC(=O)NCC(C)N1CCc2ccccc21. The van der Waals surface area contributed by atoms with E-state index in [1.165, 1.54) is 11.3 Å². The second-order valence-corrected chi connectivity index (χ2v) is 5.74. The van der Waals surface area contributed by atoms with E-state index < -0.39 is 0 Å². The Labute approximate surface area is 121 Å². The van der Waals surface area contributed by atoms with Crippen LogP contribution < -0.4 is 16.0 Å².